The maximum absolute atomic E-state index is 11.0. The first-order valence-corrected chi connectivity index (χ1v) is 7.41. The van der Waals surface area contributed by atoms with Crippen LogP contribution in [0.5, 0.6) is 0 Å². The van der Waals surface area contributed by atoms with Crippen LogP contribution in [-0.2, 0) is 0 Å². The second-order valence-corrected chi connectivity index (χ2v) is 5.52. The number of hydrogen-bond acceptors (Lipinski definition) is 4. The number of nitrogens with zero attached hydrogens (tertiary/aromatic N) is 2. The first kappa shape index (κ1) is 15.7. The Morgan fingerprint density at radius 3 is 2.95 bits per heavy atom. The van der Waals surface area contributed by atoms with Crippen LogP contribution in [0.2, 0.25) is 0 Å². The highest BCUT2D eigenvalue weighted by Crippen LogP contribution is 2.21. The molecule has 0 spiro atoms. The van der Waals surface area contributed by atoms with E-state index in [4.69, 9.17) is 0 Å². The Bertz CT molecular complexity index is 514. The Morgan fingerprint density at radius 2 is 2.24 bits per heavy atom. The van der Waals surface area contributed by atoms with Crippen LogP contribution < -0.4 is 0 Å². The number of para-hydroxylation sites is 1. The van der Waals surface area contributed by atoms with Crippen LogP contribution in [0.4, 0.5) is 5.69 Å². The van der Waals surface area contributed by atoms with E-state index in [9.17, 15) is 15.2 Å². The van der Waals surface area contributed by atoms with Crippen molar-refractivity contribution in [3.8, 4) is 0 Å². The van der Waals surface area contributed by atoms with Crippen molar-refractivity contribution in [3.63, 3.8) is 0 Å². The third kappa shape index (κ3) is 4.12. The van der Waals surface area contributed by atoms with Crippen LogP contribution in [0.25, 0.3) is 6.08 Å². The van der Waals surface area contributed by atoms with Crippen molar-refractivity contribution in [2.24, 2.45) is 0 Å². The number of rotatable bonds is 5. The number of aliphatic hydroxyl groups is 1. The van der Waals surface area contributed by atoms with Crippen molar-refractivity contribution in [1.29, 1.82) is 0 Å². The summed E-state index contributed by atoms with van der Waals surface area (Å²) in [5.41, 5.74) is 0.743. The maximum atomic E-state index is 11.0. The smallest absolute Gasteiger partial charge is 0.276 e. The summed E-state index contributed by atoms with van der Waals surface area (Å²) in [5.74, 6) is 0. The summed E-state index contributed by atoms with van der Waals surface area (Å²) in [6.07, 6.45) is 6.71. The van der Waals surface area contributed by atoms with E-state index in [1.807, 2.05) is 13.0 Å². The maximum Gasteiger partial charge on any atom is 0.276 e. The molecule has 0 aromatic heterocycles. The number of benzene rings is 1. The zero-order valence-corrected chi connectivity index (χ0v) is 12.3. The fourth-order valence-corrected chi connectivity index (χ4v) is 2.90. The molecule has 21 heavy (non-hydrogen) atoms. The van der Waals surface area contributed by atoms with Gasteiger partial charge in [0.1, 0.15) is 0 Å². The molecule has 1 aliphatic heterocycles. The minimum atomic E-state index is -0.362. The van der Waals surface area contributed by atoms with E-state index >= 15 is 0 Å². The van der Waals surface area contributed by atoms with Gasteiger partial charge < -0.3 is 5.11 Å². The molecule has 114 valence electrons. The molecule has 1 aromatic rings. The van der Waals surface area contributed by atoms with Gasteiger partial charge in [0, 0.05) is 18.7 Å². The molecule has 0 bridgehead atoms. The van der Waals surface area contributed by atoms with Gasteiger partial charge in [-0.2, -0.15) is 0 Å². The van der Waals surface area contributed by atoms with Crippen molar-refractivity contribution in [3.05, 3.63) is 46.0 Å². The van der Waals surface area contributed by atoms with E-state index in [-0.39, 0.29) is 22.8 Å². The summed E-state index contributed by atoms with van der Waals surface area (Å²) >= 11 is 0. The highest BCUT2D eigenvalue weighted by Gasteiger charge is 2.25. The van der Waals surface area contributed by atoms with Crippen LogP contribution >= 0.6 is 0 Å². The zero-order valence-electron chi connectivity index (χ0n) is 12.3. The van der Waals surface area contributed by atoms with Crippen LogP contribution in [0, 0.1) is 10.1 Å². The van der Waals surface area contributed by atoms with E-state index in [0.29, 0.717) is 12.1 Å². The molecule has 0 amide bonds. The molecule has 0 saturated carbocycles. The minimum absolute atomic E-state index is 0.125. The van der Waals surface area contributed by atoms with E-state index in [2.05, 4.69) is 4.90 Å². The number of likely N-dealkylation sites (tertiary alicyclic amines) is 1. The Kier molecular flexibility index (Phi) is 5.47. The van der Waals surface area contributed by atoms with Gasteiger partial charge in [0.15, 0.2) is 0 Å². The third-order valence-electron chi connectivity index (χ3n) is 3.99. The molecule has 0 radical (unpaired) electrons. The highest BCUT2D eigenvalue weighted by molar-refractivity contribution is 5.60. The van der Waals surface area contributed by atoms with Gasteiger partial charge in [0.2, 0.25) is 0 Å². The van der Waals surface area contributed by atoms with Gasteiger partial charge >= 0.3 is 0 Å². The predicted octanol–water partition coefficient (Wildman–Crippen LogP) is 2.84. The number of piperidine rings is 1. The summed E-state index contributed by atoms with van der Waals surface area (Å²) in [6, 6.07) is 6.92. The first-order chi connectivity index (χ1) is 10.1. The normalized spacial score (nSPS) is 21.5. The van der Waals surface area contributed by atoms with E-state index in [1.54, 1.807) is 24.3 Å². The van der Waals surface area contributed by atoms with Gasteiger partial charge in [-0.1, -0.05) is 30.7 Å². The van der Waals surface area contributed by atoms with Gasteiger partial charge in [-0.15, -0.1) is 0 Å². The van der Waals surface area contributed by atoms with E-state index < -0.39 is 0 Å². The lowest BCUT2D eigenvalue weighted by atomic mass is 9.98. The lowest BCUT2D eigenvalue weighted by Gasteiger charge is -2.36. The molecule has 0 aliphatic carbocycles. The molecular weight excluding hydrogens is 268 g/mol. The molecule has 2 atom stereocenters. The molecule has 1 heterocycles. The fourth-order valence-electron chi connectivity index (χ4n) is 2.90. The molecular formula is C16H22N2O3. The van der Waals surface area contributed by atoms with Crippen LogP contribution in [0.15, 0.2) is 30.3 Å². The summed E-state index contributed by atoms with van der Waals surface area (Å²) in [5, 5.41) is 20.8. The van der Waals surface area contributed by atoms with Crippen LogP contribution in [0.1, 0.15) is 31.7 Å². The number of nitro benzene ring substituents is 1. The van der Waals surface area contributed by atoms with E-state index in [1.165, 1.54) is 6.07 Å². The van der Waals surface area contributed by atoms with Crippen LogP contribution in [0.3, 0.4) is 0 Å². The molecule has 1 aromatic carbocycles. The summed E-state index contributed by atoms with van der Waals surface area (Å²) in [4.78, 5) is 12.8. The summed E-state index contributed by atoms with van der Waals surface area (Å²) in [6.45, 7) is 3.51. The highest BCUT2D eigenvalue weighted by atomic mass is 16.6. The monoisotopic (exact) mass is 290 g/mol. The molecule has 2 rings (SSSR count). The van der Waals surface area contributed by atoms with Crippen molar-refractivity contribution in [2.75, 3.05) is 13.1 Å². The summed E-state index contributed by atoms with van der Waals surface area (Å²) < 4.78 is 0. The van der Waals surface area contributed by atoms with Gasteiger partial charge in [-0.25, -0.2) is 0 Å². The molecule has 1 fully saturated rings. The lowest BCUT2D eigenvalue weighted by molar-refractivity contribution is -0.385. The van der Waals surface area contributed by atoms with E-state index in [0.717, 1.165) is 25.8 Å². The molecule has 1 aliphatic rings. The SMILES string of the molecule is CC(O)C1CCCCN1C/C=C/c1ccccc1[N+](=O)[O-]. The topological polar surface area (TPSA) is 66.6 Å². The lowest BCUT2D eigenvalue weighted by Crippen LogP contribution is -2.45. The third-order valence-corrected chi connectivity index (χ3v) is 3.99. The van der Waals surface area contributed by atoms with Crippen molar-refractivity contribution >= 4 is 11.8 Å². The number of nitro groups is 1. The Morgan fingerprint density at radius 1 is 1.48 bits per heavy atom. The number of hydrogen-bond donors (Lipinski definition) is 1. The van der Waals surface area contributed by atoms with Gasteiger partial charge in [0.25, 0.3) is 5.69 Å². The zero-order chi connectivity index (χ0) is 15.2. The fraction of sp³-hybridized carbons (Fsp3) is 0.500. The predicted molar refractivity (Wildman–Crippen MR) is 83.0 cm³/mol. The molecule has 1 saturated heterocycles. The van der Waals surface area contributed by atoms with Gasteiger partial charge in [-0.05, 0) is 32.4 Å². The first-order valence-electron chi connectivity index (χ1n) is 7.41. The minimum Gasteiger partial charge on any atom is -0.392 e. The van der Waals surface area contributed by atoms with Crippen molar-refractivity contribution < 1.29 is 10.0 Å². The standard InChI is InChI=1S/C16H22N2O3/c1-13(19)15-9-4-5-11-17(15)12-6-8-14-7-2-3-10-16(14)18(20)21/h2-3,6-8,10,13,15,19H,4-5,9,11-12H2,1H3/b8-6+. The Hall–Kier alpha value is -1.72. The van der Waals surface area contributed by atoms with Crippen molar-refractivity contribution in [2.45, 2.75) is 38.3 Å². The quantitative estimate of drug-likeness (QED) is 0.669. The molecule has 1 N–H and O–H groups in total. The molecule has 5 heteroatoms. The second kappa shape index (κ2) is 7.33. The van der Waals surface area contributed by atoms with Gasteiger partial charge in [-0.3, -0.25) is 15.0 Å². The van der Waals surface area contributed by atoms with Crippen LogP contribution in [-0.4, -0.2) is 40.2 Å². The van der Waals surface area contributed by atoms with Gasteiger partial charge in [0.05, 0.1) is 16.6 Å². The molecule has 2 unspecified atom stereocenters. The van der Waals surface area contributed by atoms with Crippen molar-refractivity contribution in [1.82, 2.24) is 4.90 Å². The summed E-state index contributed by atoms with van der Waals surface area (Å²) in [7, 11) is 0. The largest absolute Gasteiger partial charge is 0.392 e. The second-order valence-electron chi connectivity index (χ2n) is 5.52. The Balaban J connectivity index is 2.03. The Labute approximate surface area is 125 Å². The average molecular weight is 290 g/mol. The molecule has 5 nitrogen and oxygen atoms in total. The number of aliphatic hydroxyl groups excluding tert-OH is 1. The average Bonchev–Trinajstić information content (AvgIpc) is 2.48.